The van der Waals surface area contributed by atoms with Crippen molar-refractivity contribution in [3.8, 4) is 5.75 Å². The number of Topliss-reactive ketones (excluding diaryl/α,β-unsaturated/α-hetero) is 1. The standard InChI is InChI=1S/C18H24FNO2/c1-20-15-3-2-4-16(20)12-13(11-15)18(21)9-10-22-17-7-5-14(19)6-8-17/h5-8,13,15-16H,2-4,9-12H2,1H3. The number of carbonyl (C=O) groups is 1. The molecular formula is C18H24FNO2. The van der Waals surface area contributed by atoms with Crippen LogP contribution in [0.15, 0.2) is 24.3 Å². The summed E-state index contributed by atoms with van der Waals surface area (Å²) in [5.41, 5.74) is 0. The second-order valence-electron chi connectivity index (χ2n) is 6.59. The van der Waals surface area contributed by atoms with Gasteiger partial charge in [-0.1, -0.05) is 6.42 Å². The van der Waals surface area contributed by atoms with Gasteiger partial charge in [0.1, 0.15) is 17.3 Å². The molecule has 2 saturated heterocycles. The smallest absolute Gasteiger partial charge is 0.139 e. The van der Waals surface area contributed by atoms with Crippen molar-refractivity contribution >= 4 is 5.78 Å². The van der Waals surface area contributed by atoms with E-state index in [0.29, 0.717) is 36.6 Å². The maximum absolute atomic E-state index is 12.8. The number of hydrogen-bond acceptors (Lipinski definition) is 3. The quantitative estimate of drug-likeness (QED) is 0.835. The summed E-state index contributed by atoms with van der Waals surface area (Å²) in [5.74, 6) is 0.867. The minimum absolute atomic E-state index is 0.198. The molecule has 2 bridgehead atoms. The Labute approximate surface area is 131 Å². The molecule has 0 saturated carbocycles. The normalized spacial score (nSPS) is 28.4. The van der Waals surface area contributed by atoms with Crippen molar-refractivity contribution in [2.45, 2.75) is 50.6 Å². The van der Waals surface area contributed by atoms with Gasteiger partial charge in [0.05, 0.1) is 6.61 Å². The van der Waals surface area contributed by atoms with Crippen molar-refractivity contribution in [1.29, 1.82) is 0 Å². The van der Waals surface area contributed by atoms with Crippen LogP contribution >= 0.6 is 0 Å². The summed E-state index contributed by atoms with van der Waals surface area (Å²) in [5, 5.41) is 0. The topological polar surface area (TPSA) is 29.5 Å². The van der Waals surface area contributed by atoms with Crippen LogP contribution in [0.1, 0.15) is 38.5 Å². The van der Waals surface area contributed by atoms with Crippen molar-refractivity contribution in [3.05, 3.63) is 30.1 Å². The first kappa shape index (κ1) is 15.5. The van der Waals surface area contributed by atoms with E-state index in [1.54, 1.807) is 12.1 Å². The molecule has 120 valence electrons. The third-order valence-electron chi connectivity index (χ3n) is 5.23. The highest BCUT2D eigenvalue weighted by Gasteiger charge is 2.38. The Morgan fingerprint density at radius 2 is 1.86 bits per heavy atom. The van der Waals surface area contributed by atoms with Crippen LogP contribution in [-0.2, 0) is 4.79 Å². The lowest BCUT2D eigenvalue weighted by Crippen LogP contribution is -2.51. The average Bonchev–Trinajstić information content (AvgIpc) is 2.49. The van der Waals surface area contributed by atoms with E-state index in [2.05, 4.69) is 11.9 Å². The Morgan fingerprint density at radius 1 is 1.23 bits per heavy atom. The highest BCUT2D eigenvalue weighted by Crippen LogP contribution is 2.36. The summed E-state index contributed by atoms with van der Waals surface area (Å²) in [6, 6.07) is 7.10. The number of hydrogen-bond donors (Lipinski definition) is 0. The number of ketones is 1. The van der Waals surface area contributed by atoms with Crippen molar-refractivity contribution in [3.63, 3.8) is 0 Å². The number of ether oxygens (including phenoxy) is 1. The molecular weight excluding hydrogens is 281 g/mol. The molecule has 3 nitrogen and oxygen atoms in total. The second-order valence-corrected chi connectivity index (χ2v) is 6.59. The van der Waals surface area contributed by atoms with Gasteiger partial charge in [-0.25, -0.2) is 4.39 Å². The molecule has 0 N–H and O–H groups in total. The molecule has 2 fully saturated rings. The molecule has 0 spiro atoms. The van der Waals surface area contributed by atoms with E-state index in [1.807, 2.05) is 0 Å². The van der Waals surface area contributed by atoms with Crippen LogP contribution in [0.4, 0.5) is 4.39 Å². The van der Waals surface area contributed by atoms with Crippen molar-refractivity contribution < 1.29 is 13.9 Å². The molecule has 3 rings (SSSR count). The molecule has 2 aliphatic rings. The molecule has 1 aromatic rings. The fourth-order valence-corrected chi connectivity index (χ4v) is 3.88. The Balaban J connectivity index is 1.47. The number of rotatable bonds is 5. The van der Waals surface area contributed by atoms with Gasteiger partial charge >= 0.3 is 0 Å². The van der Waals surface area contributed by atoms with Crippen LogP contribution in [0.5, 0.6) is 5.75 Å². The highest BCUT2D eigenvalue weighted by molar-refractivity contribution is 5.81. The van der Waals surface area contributed by atoms with Gasteiger partial charge < -0.3 is 9.64 Å². The van der Waals surface area contributed by atoms with Gasteiger partial charge in [-0.15, -0.1) is 0 Å². The molecule has 2 aliphatic heterocycles. The van der Waals surface area contributed by atoms with E-state index >= 15 is 0 Å². The molecule has 22 heavy (non-hydrogen) atoms. The number of nitrogens with zero attached hydrogens (tertiary/aromatic N) is 1. The zero-order chi connectivity index (χ0) is 15.5. The Morgan fingerprint density at radius 3 is 2.50 bits per heavy atom. The molecule has 2 heterocycles. The lowest BCUT2D eigenvalue weighted by Gasteiger charge is -2.46. The predicted molar refractivity (Wildman–Crippen MR) is 83.4 cm³/mol. The first-order valence-corrected chi connectivity index (χ1v) is 8.26. The fourth-order valence-electron chi connectivity index (χ4n) is 3.88. The summed E-state index contributed by atoms with van der Waals surface area (Å²) in [6.07, 6.45) is 6.20. The van der Waals surface area contributed by atoms with Gasteiger partial charge in [0.25, 0.3) is 0 Å². The molecule has 2 atom stereocenters. The Bertz CT molecular complexity index is 502. The first-order valence-electron chi connectivity index (χ1n) is 8.26. The average molecular weight is 305 g/mol. The molecule has 1 aromatic carbocycles. The Hall–Kier alpha value is -1.42. The molecule has 0 radical (unpaired) electrons. The summed E-state index contributed by atoms with van der Waals surface area (Å²) in [6.45, 7) is 0.381. The largest absolute Gasteiger partial charge is 0.493 e. The fraction of sp³-hybridized carbons (Fsp3) is 0.611. The van der Waals surface area contributed by atoms with E-state index in [0.717, 1.165) is 12.8 Å². The van der Waals surface area contributed by atoms with Gasteiger partial charge in [0.15, 0.2) is 0 Å². The van der Waals surface area contributed by atoms with Crippen LogP contribution in [-0.4, -0.2) is 36.4 Å². The van der Waals surface area contributed by atoms with E-state index in [4.69, 9.17) is 4.74 Å². The van der Waals surface area contributed by atoms with Crippen LogP contribution in [0.25, 0.3) is 0 Å². The molecule has 0 amide bonds. The zero-order valence-corrected chi connectivity index (χ0v) is 13.1. The molecule has 4 heteroatoms. The van der Waals surface area contributed by atoms with Crippen molar-refractivity contribution in [1.82, 2.24) is 4.90 Å². The number of fused-ring (bicyclic) bond motifs is 2. The van der Waals surface area contributed by atoms with Crippen LogP contribution < -0.4 is 4.74 Å². The predicted octanol–water partition coefficient (Wildman–Crippen LogP) is 3.43. The van der Waals surface area contributed by atoms with Gasteiger partial charge in [-0.05, 0) is 57.0 Å². The highest BCUT2D eigenvalue weighted by atomic mass is 19.1. The maximum Gasteiger partial charge on any atom is 0.139 e. The first-order chi connectivity index (χ1) is 10.6. The molecule has 0 aromatic heterocycles. The summed E-state index contributed by atoms with van der Waals surface area (Å²) < 4.78 is 18.3. The van der Waals surface area contributed by atoms with Crippen LogP contribution in [0.2, 0.25) is 0 Å². The SMILES string of the molecule is CN1C2CCCC1CC(C(=O)CCOc1ccc(F)cc1)C2. The number of benzene rings is 1. The number of halogens is 1. The summed E-state index contributed by atoms with van der Waals surface area (Å²) >= 11 is 0. The summed E-state index contributed by atoms with van der Waals surface area (Å²) in [7, 11) is 2.20. The number of carbonyl (C=O) groups excluding carboxylic acids is 1. The van der Waals surface area contributed by atoms with Gasteiger partial charge in [0.2, 0.25) is 0 Å². The minimum Gasteiger partial charge on any atom is -0.493 e. The minimum atomic E-state index is -0.277. The van der Waals surface area contributed by atoms with E-state index in [-0.39, 0.29) is 11.7 Å². The van der Waals surface area contributed by atoms with Gasteiger partial charge in [-0.2, -0.15) is 0 Å². The summed E-state index contributed by atoms with van der Waals surface area (Å²) in [4.78, 5) is 14.9. The maximum atomic E-state index is 12.8. The Kier molecular flexibility index (Phi) is 4.77. The van der Waals surface area contributed by atoms with E-state index < -0.39 is 0 Å². The van der Waals surface area contributed by atoms with E-state index in [9.17, 15) is 9.18 Å². The van der Waals surface area contributed by atoms with Crippen LogP contribution in [0, 0.1) is 11.7 Å². The zero-order valence-electron chi connectivity index (χ0n) is 13.1. The molecule has 0 aliphatic carbocycles. The van der Waals surface area contributed by atoms with Gasteiger partial charge in [0, 0.05) is 24.4 Å². The van der Waals surface area contributed by atoms with E-state index in [1.165, 1.54) is 31.4 Å². The van der Waals surface area contributed by atoms with Crippen LogP contribution in [0.3, 0.4) is 0 Å². The third-order valence-corrected chi connectivity index (χ3v) is 5.23. The third kappa shape index (κ3) is 3.49. The number of piperidine rings is 2. The van der Waals surface area contributed by atoms with Gasteiger partial charge in [-0.3, -0.25) is 4.79 Å². The van der Waals surface area contributed by atoms with Crippen molar-refractivity contribution in [2.24, 2.45) is 5.92 Å². The monoisotopic (exact) mass is 305 g/mol. The lowest BCUT2D eigenvalue weighted by atomic mass is 9.76. The second kappa shape index (κ2) is 6.78. The lowest BCUT2D eigenvalue weighted by molar-refractivity contribution is -0.127. The molecule has 2 unspecified atom stereocenters. The van der Waals surface area contributed by atoms with Crippen molar-refractivity contribution in [2.75, 3.05) is 13.7 Å².